The predicted octanol–water partition coefficient (Wildman–Crippen LogP) is 4.90. The largest absolute Gasteiger partial charge is 0.497 e. The van der Waals surface area contributed by atoms with Gasteiger partial charge in [-0.2, -0.15) is 0 Å². The maximum atomic E-state index is 13.7. The molecule has 2 heterocycles. The smallest absolute Gasteiger partial charge is 0.264 e. The molecule has 0 atom stereocenters. The van der Waals surface area contributed by atoms with Crippen molar-refractivity contribution in [1.82, 2.24) is 14.1 Å². The fraction of sp³-hybridized carbons (Fsp3) is 0.120. The highest BCUT2D eigenvalue weighted by Gasteiger charge is 2.22. The number of nitrogens with zero attached hydrogens (tertiary/aromatic N) is 3. The van der Waals surface area contributed by atoms with Crippen LogP contribution in [-0.4, -0.2) is 34.2 Å². The van der Waals surface area contributed by atoms with E-state index in [1.165, 1.54) is 0 Å². The number of hydrogen-bond donors (Lipinski definition) is 0. The van der Waals surface area contributed by atoms with Gasteiger partial charge in [-0.3, -0.25) is 9.36 Å². The van der Waals surface area contributed by atoms with Crippen molar-refractivity contribution in [2.75, 3.05) is 14.2 Å². The van der Waals surface area contributed by atoms with E-state index in [9.17, 15) is 4.79 Å². The van der Waals surface area contributed by atoms with E-state index in [0.29, 0.717) is 17.1 Å². The molecule has 0 amide bonds. The molecule has 3 aromatic carbocycles. The number of methoxy groups -OCH3 is 2. The highest BCUT2D eigenvalue weighted by Crippen LogP contribution is 2.34. The summed E-state index contributed by atoms with van der Waals surface area (Å²) >= 11 is 0. The maximum absolute atomic E-state index is 13.7. The molecule has 5 aromatic rings. The molecule has 5 rings (SSSR count). The summed E-state index contributed by atoms with van der Waals surface area (Å²) in [4.78, 5) is 18.5. The van der Waals surface area contributed by atoms with Crippen LogP contribution in [0.5, 0.6) is 11.5 Å². The van der Waals surface area contributed by atoms with Crippen molar-refractivity contribution in [1.29, 1.82) is 0 Å². The Morgan fingerprint density at radius 1 is 0.871 bits per heavy atom. The molecular weight excluding hydrogens is 390 g/mol. The number of benzene rings is 3. The number of carbonyl (C=O) groups excluding carboxylic acids is 1. The van der Waals surface area contributed by atoms with Crippen LogP contribution in [-0.2, 0) is 7.05 Å². The number of para-hydroxylation sites is 2. The van der Waals surface area contributed by atoms with Crippen molar-refractivity contribution in [3.63, 3.8) is 0 Å². The van der Waals surface area contributed by atoms with Crippen molar-refractivity contribution in [3.05, 3.63) is 78.5 Å². The molecule has 0 aliphatic rings. The summed E-state index contributed by atoms with van der Waals surface area (Å²) in [5, 5.41) is 0.969. The molecule has 31 heavy (non-hydrogen) atoms. The molecule has 0 aliphatic carbocycles. The normalized spacial score (nSPS) is 11.2. The van der Waals surface area contributed by atoms with E-state index in [1.807, 2.05) is 72.4 Å². The number of hydrogen-bond acceptors (Lipinski definition) is 4. The Morgan fingerprint density at radius 3 is 2.45 bits per heavy atom. The highest BCUT2D eigenvalue weighted by atomic mass is 16.5. The van der Waals surface area contributed by atoms with Gasteiger partial charge in [0.25, 0.3) is 5.91 Å². The van der Waals surface area contributed by atoms with Crippen LogP contribution in [0.3, 0.4) is 0 Å². The third-order valence-corrected chi connectivity index (χ3v) is 5.52. The Morgan fingerprint density at radius 2 is 1.65 bits per heavy atom. The number of ether oxygens (including phenoxy) is 2. The molecule has 6 nitrogen and oxygen atoms in total. The maximum Gasteiger partial charge on any atom is 0.264 e. The van der Waals surface area contributed by atoms with E-state index < -0.39 is 0 Å². The fourth-order valence-corrected chi connectivity index (χ4v) is 3.97. The number of aromatic nitrogens is 3. The predicted molar refractivity (Wildman–Crippen MR) is 121 cm³/mol. The summed E-state index contributed by atoms with van der Waals surface area (Å²) in [5.74, 6) is 1.81. The van der Waals surface area contributed by atoms with Gasteiger partial charge in [-0.1, -0.05) is 18.2 Å². The monoisotopic (exact) mass is 411 g/mol. The number of imidazole rings is 1. The van der Waals surface area contributed by atoms with E-state index in [0.717, 1.165) is 33.2 Å². The van der Waals surface area contributed by atoms with Crippen LogP contribution in [0.2, 0.25) is 0 Å². The summed E-state index contributed by atoms with van der Waals surface area (Å²) in [5.41, 5.74) is 3.94. The van der Waals surface area contributed by atoms with Crippen molar-refractivity contribution in [3.8, 4) is 22.9 Å². The van der Waals surface area contributed by atoms with Gasteiger partial charge in [0.15, 0.2) is 0 Å². The molecule has 0 N–H and O–H groups in total. The number of carbonyl (C=O) groups is 1. The van der Waals surface area contributed by atoms with Gasteiger partial charge >= 0.3 is 0 Å². The van der Waals surface area contributed by atoms with Crippen LogP contribution in [0, 0.1) is 0 Å². The zero-order valence-corrected chi connectivity index (χ0v) is 17.5. The Balaban J connectivity index is 1.79. The number of rotatable bonds is 4. The molecule has 0 radical (unpaired) electrons. The van der Waals surface area contributed by atoms with E-state index in [4.69, 9.17) is 14.5 Å². The molecule has 2 aromatic heterocycles. The van der Waals surface area contributed by atoms with Gasteiger partial charge in [-0.15, -0.1) is 0 Å². The molecule has 6 heteroatoms. The minimum atomic E-state index is -0.164. The van der Waals surface area contributed by atoms with Crippen molar-refractivity contribution in [2.45, 2.75) is 0 Å². The van der Waals surface area contributed by atoms with Crippen LogP contribution in [0.4, 0.5) is 0 Å². The van der Waals surface area contributed by atoms with E-state index in [2.05, 4.69) is 0 Å². The molecule has 0 bridgehead atoms. The van der Waals surface area contributed by atoms with Gasteiger partial charge in [-0.25, -0.2) is 4.98 Å². The molecule has 0 saturated carbocycles. The number of aryl methyl sites for hydroxylation is 1. The Hall–Kier alpha value is -4.06. The van der Waals surface area contributed by atoms with Crippen molar-refractivity contribution >= 4 is 27.8 Å². The minimum Gasteiger partial charge on any atom is -0.497 e. The average molecular weight is 411 g/mol. The molecule has 154 valence electrons. The number of fused-ring (bicyclic) bond motifs is 2. The Kier molecular flexibility index (Phi) is 4.47. The Bertz CT molecular complexity index is 1450. The lowest BCUT2D eigenvalue weighted by molar-refractivity contribution is 0.0966. The lowest BCUT2D eigenvalue weighted by atomic mass is 10.1. The van der Waals surface area contributed by atoms with Crippen molar-refractivity contribution in [2.24, 2.45) is 7.05 Å². The molecule has 0 unspecified atom stereocenters. The van der Waals surface area contributed by atoms with Crippen LogP contribution in [0.1, 0.15) is 10.4 Å². The van der Waals surface area contributed by atoms with Gasteiger partial charge in [0.2, 0.25) is 0 Å². The van der Waals surface area contributed by atoms with Gasteiger partial charge in [0, 0.05) is 35.3 Å². The third kappa shape index (κ3) is 3.04. The Labute approximate surface area is 179 Å². The summed E-state index contributed by atoms with van der Waals surface area (Å²) in [6, 6.07) is 20.7. The van der Waals surface area contributed by atoms with Crippen LogP contribution in [0.15, 0.2) is 72.9 Å². The van der Waals surface area contributed by atoms with Gasteiger partial charge in [-0.05, 0) is 48.5 Å². The summed E-state index contributed by atoms with van der Waals surface area (Å²) in [7, 11) is 5.21. The average Bonchev–Trinajstić information content (AvgIpc) is 3.36. The van der Waals surface area contributed by atoms with Gasteiger partial charge < -0.3 is 14.0 Å². The first-order valence-electron chi connectivity index (χ1n) is 9.90. The second kappa shape index (κ2) is 7.32. The molecule has 0 fully saturated rings. The minimum absolute atomic E-state index is 0.164. The first-order chi connectivity index (χ1) is 15.1. The molecular formula is C25H21N3O3. The first-order valence-corrected chi connectivity index (χ1v) is 9.90. The van der Waals surface area contributed by atoms with Gasteiger partial charge in [0.05, 0.1) is 25.3 Å². The van der Waals surface area contributed by atoms with Gasteiger partial charge in [0.1, 0.15) is 17.3 Å². The van der Waals surface area contributed by atoms with Crippen LogP contribution in [0.25, 0.3) is 33.3 Å². The zero-order chi connectivity index (χ0) is 21.5. The summed E-state index contributed by atoms with van der Waals surface area (Å²) in [6.45, 7) is 0. The van der Waals surface area contributed by atoms with E-state index in [1.54, 1.807) is 30.9 Å². The van der Waals surface area contributed by atoms with E-state index in [-0.39, 0.29) is 5.91 Å². The second-order valence-corrected chi connectivity index (χ2v) is 7.33. The molecule has 0 aliphatic heterocycles. The second-order valence-electron chi connectivity index (χ2n) is 7.33. The standard InChI is InChI=1S/C25H21N3O3/c1-27-15-20(19-14-18(31-3)11-12-22(19)27)24-26-21-9-4-5-10-23(21)28(24)25(29)16-7-6-8-17(13-16)30-2/h4-15H,1-3H3. The lowest BCUT2D eigenvalue weighted by Gasteiger charge is -2.09. The highest BCUT2D eigenvalue weighted by molar-refractivity contribution is 6.06. The SMILES string of the molecule is COc1cccc(C(=O)n2c(-c3cn(C)c4ccc(OC)cc34)nc3ccccc32)c1. The quantitative estimate of drug-likeness (QED) is 0.422. The first kappa shape index (κ1) is 18.9. The lowest BCUT2D eigenvalue weighted by Crippen LogP contribution is -2.13. The van der Waals surface area contributed by atoms with Crippen molar-refractivity contribution < 1.29 is 14.3 Å². The van der Waals surface area contributed by atoms with E-state index >= 15 is 0 Å². The zero-order valence-electron chi connectivity index (χ0n) is 17.5. The summed E-state index contributed by atoms with van der Waals surface area (Å²) < 4.78 is 14.5. The summed E-state index contributed by atoms with van der Waals surface area (Å²) in [6.07, 6.45) is 2.00. The molecule has 0 saturated heterocycles. The molecule has 0 spiro atoms. The topological polar surface area (TPSA) is 58.3 Å². The fourth-order valence-electron chi connectivity index (χ4n) is 3.97. The van der Waals surface area contributed by atoms with Crippen LogP contribution >= 0.6 is 0 Å². The third-order valence-electron chi connectivity index (χ3n) is 5.52. The van der Waals surface area contributed by atoms with Crippen LogP contribution < -0.4 is 9.47 Å².